The van der Waals surface area contributed by atoms with E-state index in [0.29, 0.717) is 37.7 Å². The number of rotatable bonds is 7. The summed E-state index contributed by atoms with van der Waals surface area (Å²) >= 11 is 0. The van der Waals surface area contributed by atoms with Crippen molar-refractivity contribution in [2.45, 2.75) is 30.3 Å². The maximum Gasteiger partial charge on any atom is 0.416 e. The van der Waals surface area contributed by atoms with Crippen molar-refractivity contribution < 1.29 is 31.1 Å². The van der Waals surface area contributed by atoms with Crippen molar-refractivity contribution in [2.24, 2.45) is 5.41 Å². The molecule has 2 aromatic rings. The van der Waals surface area contributed by atoms with E-state index in [0.717, 1.165) is 25.2 Å². The summed E-state index contributed by atoms with van der Waals surface area (Å²) in [5.41, 5.74) is -1.59. The predicted octanol–water partition coefficient (Wildman–Crippen LogP) is 3.72. The van der Waals surface area contributed by atoms with Crippen LogP contribution in [0.25, 0.3) is 0 Å². The van der Waals surface area contributed by atoms with E-state index in [1.165, 1.54) is 10.4 Å². The number of carbonyl (C=O) groups excluding carboxylic acids is 1. The molecule has 2 aromatic carbocycles. The lowest BCUT2D eigenvalue weighted by atomic mass is 9.76. The lowest BCUT2D eigenvalue weighted by Gasteiger charge is -2.42. The number of carbonyl (C=O) groups is 1. The number of piperidine rings is 1. The number of para-hydroxylation sites is 1. The maximum atomic E-state index is 13.2. The number of piperazine rings is 1. The summed E-state index contributed by atoms with van der Waals surface area (Å²) in [7, 11) is -2.11. The molecule has 0 atom stereocenters. The van der Waals surface area contributed by atoms with Crippen LogP contribution in [-0.2, 0) is 21.0 Å². The zero-order valence-corrected chi connectivity index (χ0v) is 21.6. The second-order valence-electron chi connectivity index (χ2n) is 9.89. The van der Waals surface area contributed by atoms with Crippen molar-refractivity contribution in [1.29, 1.82) is 0 Å². The van der Waals surface area contributed by atoms with Gasteiger partial charge in [0.15, 0.2) is 0 Å². The Kier molecular flexibility index (Phi) is 8.15. The highest BCUT2D eigenvalue weighted by Crippen LogP contribution is 2.39. The van der Waals surface area contributed by atoms with E-state index < -0.39 is 27.2 Å². The molecule has 11 heteroatoms. The molecule has 2 aliphatic heterocycles. The summed E-state index contributed by atoms with van der Waals surface area (Å²) in [6.45, 7) is 3.29. The second kappa shape index (κ2) is 11.0. The van der Waals surface area contributed by atoms with Crippen LogP contribution in [0.2, 0.25) is 0 Å². The number of amides is 1. The highest BCUT2D eigenvalue weighted by Gasteiger charge is 2.42. The van der Waals surface area contributed by atoms with Gasteiger partial charge in [0, 0.05) is 51.1 Å². The molecule has 2 aliphatic rings. The summed E-state index contributed by atoms with van der Waals surface area (Å²) in [6.07, 6.45) is -3.70. The molecular weight excluding hydrogens is 507 g/mol. The van der Waals surface area contributed by atoms with Crippen LogP contribution < -0.4 is 4.74 Å². The van der Waals surface area contributed by atoms with Gasteiger partial charge in [-0.1, -0.05) is 24.3 Å². The Bertz CT molecular complexity index is 1180. The van der Waals surface area contributed by atoms with E-state index in [-0.39, 0.29) is 36.9 Å². The molecule has 0 radical (unpaired) electrons. The van der Waals surface area contributed by atoms with Gasteiger partial charge in [0.05, 0.1) is 17.1 Å². The Morgan fingerprint density at radius 2 is 1.59 bits per heavy atom. The summed E-state index contributed by atoms with van der Waals surface area (Å²) in [6, 6.07) is 13.0. The van der Waals surface area contributed by atoms with Crippen LogP contribution in [0.4, 0.5) is 13.2 Å². The molecule has 2 saturated heterocycles. The number of halogens is 3. The molecule has 7 nitrogen and oxygen atoms in total. The molecule has 0 spiro atoms. The van der Waals surface area contributed by atoms with Crippen molar-refractivity contribution in [3.8, 4) is 5.75 Å². The second-order valence-corrected chi connectivity index (χ2v) is 11.8. The molecule has 2 heterocycles. The van der Waals surface area contributed by atoms with E-state index in [1.807, 2.05) is 42.3 Å². The van der Waals surface area contributed by atoms with Crippen molar-refractivity contribution in [2.75, 3.05) is 52.9 Å². The maximum absolute atomic E-state index is 13.2. The molecule has 202 valence electrons. The molecular formula is C26H32F3N3O4S. The van der Waals surface area contributed by atoms with Gasteiger partial charge < -0.3 is 14.5 Å². The first-order chi connectivity index (χ1) is 17.5. The third-order valence-corrected chi connectivity index (χ3v) is 9.15. The Balaban J connectivity index is 1.49. The Labute approximate surface area is 215 Å². The van der Waals surface area contributed by atoms with Crippen LogP contribution >= 0.6 is 0 Å². The molecule has 4 rings (SSSR count). The SMILES string of the molecule is CN1CCN(C(=O)CC2(COc3ccccc3)CCN(S(=O)(=O)c3cccc(C(F)(F)F)c3)CC2)CC1. The van der Waals surface area contributed by atoms with Gasteiger partial charge in [-0.2, -0.15) is 17.5 Å². The number of benzene rings is 2. The van der Waals surface area contributed by atoms with E-state index in [2.05, 4.69) is 4.90 Å². The standard InChI is InChI=1S/C26H32F3N3O4S/c1-30-14-16-31(17-15-30)24(33)19-25(20-36-22-7-3-2-4-8-22)10-12-32(13-11-25)37(34,35)23-9-5-6-21(18-23)26(27,28)29/h2-9,18H,10-17,19-20H2,1H3. The van der Waals surface area contributed by atoms with E-state index in [9.17, 15) is 26.4 Å². The van der Waals surface area contributed by atoms with Crippen LogP contribution in [0.15, 0.2) is 59.5 Å². The fraction of sp³-hybridized carbons (Fsp3) is 0.500. The Hall–Kier alpha value is -2.63. The summed E-state index contributed by atoms with van der Waals surface area (Å²) in [5, 5.41) is 0. The van der Waals surface area contributed by atoms with E-state index in [1.54, 1.807) is 0 Å². The van der Waals surface area contributed by atoms with Gasteiger partial charge >= 0.3 is 6.18 Å². The van der Waals surface area contributed by atoms with Crippen LogP contribution in [-0.4, -0.2) is 81.4 Å². The largest absolute Gasteiger partial charge is 0.493 e. The zero-order valence-electron chi connectivity index (χ0n) is 20.8. The normalized spacial score (nSPS) is 19.5. The van der Waals surface area contributed by atoms with Gasteiger partial charge in [-0.3, -0.25) is 4.79 Å². The smallest absolute Gasteiger partial charge is 0.416 e. The van der Waals surface area contributed by atoms with Gasteiger partial charge in [0.2, 0.25) is 15.9 Å². The summed E-state index contributed by atoms with van der Waals surface area (Å²) in [4.78, 5) is 16.9. The van der Waals surface area contributed by atoms with Crippen LogP contribution in [0.5, 0.6) is 5.75 Å². The van der Waals surface area contributed by atoms with E-state index in [4.69, 9.17) is 4.74 Å². The molecule has 0 aromatic heterocycles. The number of likely N-dealkylation sites (N-methyl/N-ethyl adjacent to an activating group) is 1. The third kappa shape index (κ3) is 6.63. The average Bonchev–Trinajstić information content (AvgIpc) is 2.88. The minimum Gasteiger partial charge on any atom is -0.493 e. The summed E-state index contributed by atoms with van der Waals surface area (Å²) < 4.78 is 73.1. The molecule has 0 aliphatic carbocycles. The van der Waals surface area contributed by atoms with Crippen molar-refractivity contribution in [3.05, 3.63) is 60.2 Å². The molecule has 0 N–H and O–H groups in total. The third-order valence-electron chi connectivity index (χ3n) is 7.25. The molecule has 37 heavy (non-hydrogen) atoms. The number of alkyl halides is 3. The lowest BCUT2D eigenvalue weighted by molar-refractivity contribution is -0.138. The predicted molar refractivity (Wildman–Crippen MR) is 133 cm³/mol. The molecule has 1 amide bonds. The first-order valence-electron chi connectivity index (χ1n) is 12.3. The van der Waals surface area contributed by atoms with Crippen LogP contribution in [0.1, 0.15) is 24.8 Å². The van der Waals surface area contributed by atoms with Crippen LogP contribution in [0.3, 0.4) is 0 Å². The van der Waals surface area contributed by atoms with Gasteiger partial charge in [0.1, 0.15) is 5.75 Å². The fourth-order valence-electron chi connectivity index (χ4n) is 4.80. The number of nitrogens with zero attached hydrogens (tertiary/aromatic N) is 3. The first-order valence-corrected chi connectivity index (χ1v) is 13.7. The topological polar surface area (TPSA) is 70.2 Å². The van der Waals surface area contributed by atoms with Crippen molar-refractivity contribution in [1.82, 2.24) is 14.1 Å². The molecule has 0 bridgehead atoms. The van der Waals surface area contributed by atoms with Crippen LogP contribution in [0, 0.1) is 5.41 Å². The number of hydrogen-bond donors (Lipinski definition) is 0. The highest BCUT2D eigenvalue weighted by atomic mass is 32.2. The Morgan fingerprint density at radius 1 is 0.946 bits per heavy atom. The lowest BCUT2D eigenvalue weighted by Crippen LogP contribution is -2.51. The first kappa shape index (κ1) is 27.4. The number of ether oxygens (including phenoxy) is 1. The molecule has 2 fully saturated rings. The summed E-state index contributed by atoms with van der Waals surface area (Å²) in [5.74, 6) is 0.673. The van der Waals surface area contributed by atoms with Crippen molar-refractivity contribution >= 4 is 15.9 Å². The van der Waals surface area contributed by atoms with Gasteiger partial charge in [-0.25, -0.2) is 8.42 Å². The monoisotopic (exact) mass is 539 g/mol. The molecule has 0 saturated carbocycles. The van der Waals surface area contributed by atoms with Crippen molar-refractivity contribution in [3.63, 3.8) is 0 Å². The fourth-order valence-corrected chi connectivity index (χ4v) is 6.28. The highest BCUT2D eigenvalue weighted by molar-refractivity contribution is 7.89. The average molecular weight is 540 g/mol. The minimum absolute atomic E-state index is 0.0129. The molecule has 0 unspecified atom stereocenters. The zero-order chi connectivity index (χ0) is 26.7. The van der Waals surface area contributed by atoms with Gasteiger partial charge in [0.25, 0.3) is 0 Å². The van der Waals surface area contributed by atoms with Gasteiger partial charge in [-0.05, 0) is 50.2 Å². The number of hydrogen-bond acceptors (Lipinski definition) is 5. The van der Waals surface area contributed by atoms with E-state index >= 15 is 0 Å². The van der Waals surface area contributed by atoms with Gasteiger partial charge in [-0.15, -0.1) is 0 Å². The minimum atomic E-state index is -4.64. The number of sulfonamides is 1. The Morgan fingerprint density at radius 3 is 2.22 bits per heavy atom. The quantitative estimate of drug-likeness (QED) is 0.537.